The molecule has 0 aliphatic carbocycles. The molecule has 158 valence electrons. The summed E-state index contributed by atoms with van der Waals surface area (Å²) in [6.45, 7) is 0. The highest BCUT2D eigenvalue weighted by atomic mass is 16.5. The van der Waals surface area contributed by atoms with Crippen molar-refractivity contribution in [1.29, 1.82) is 0 Å². The van der Waals surface area contributed by atoms with Gasteiger partial charge < -0.3 is 19.8 Å². The standard InChI is InChI=1S/C25H18N2O5/c1-31-18-7-9-22-19(12-18)21(28)13-23(32-22)14-2-5-17(6-3-14)26-25(30)15-4-8-20-16(10-15)11-24(29)27-20/h2-10,12-13H,11H2,1H3,(H,26,30)(H,27,29). The van der Waals surface area contributed by atoms with E-state index in [1.54, 1.807) is 67.8 Å². The van der Waals surface area contributed by atoms with E-state index < -0.39 is 0 Å². The predicted octanol–water partition coefficient (Wildman–Crippen LogP) is 4.22. The van der Waals surface area contributed by atoms with Crippen molar-refractivity contribution in [2.75, 3.05) is 17.7 Å². The summed E-state index contributed by atoms with van der Waals surface area (Å²) in [5, 5.41) is 6.04. The largest absolute Gasteiger partial charge is 0.497 e. The second-order valence-electron chi connectivity index (χ2n) is 7.47. The van der Waals surface area contributed by atoms with E-state index in [1.807, 2.05) is 0 Å². The number of nitrogens with one attached hydrogen (secondary N) is 2. The van der Waals surface area contributed by atoms with Crippen LogP contribution in [-0.2, 0) is 11.2 Å². The molecule has 32 heavy (non-hydrogen) atoms. The van der Waals surface area contributed by atoms with Crippen LogP contribution in [0, 0.1) is 0 Å². The summed E-state index contributed by atoms with van der Waals surface area (Å²) in [4.78, 5) is 36.6. The van der Waals surface area contributed by atoms with Crippen LogP contribution in [0.3, 0.4) is 0 Å². The molecule has 0 spiro atoms. The van der Waals surface area contributed by atoms with E-state index in [0.29, 0.717) is 39.3 Å². The molecule has 3 aromatic carbocycles. The molecule has 5 rings (SSSR count). The number of carbonyl (C=O) groups is 2. The van der Waals surface area contributed by atoms with E-state index in [4.69, 9.17) is 9.15 Å². The van der Waals surface area contributed by atoms with Gasteiger partial charge in [-0.2, -0.15) is 0 Å². The van der Waals surface area contributed by atoms with Gasteiger partial charge in [-0.25, -0.2) is 0 Å². The lowest BCUT2D eigenvalue weighted by Crippen LogP contribution is -2.12. The number of amides is 2. The summed E-state index contributed by atoms with van der Waals surface area (Å²) in [5.74, 6) is 0.670. The summed E-state index contributed by atoms with van der Waals surface area (Å²) in [7, 11) is 1.54. The smallest absolute Gasteiger partial charge is 0.255 e. The number of carbonyl (C=O) groups excluding carboxylic acids is 2. The van der Waals surface area contributed by atoms with E-state index >= 15 is 0 Å². The summed E-state index contributed by atoms with van der Waals surface area (Å²) >= 11 is 0. The molecule has 0 radical (unpaired) electrons. The Morgan fingerprint density at radius 2 is 1.81 bits per heavy atom. The summed E-state index contributed by atoms with van der Waals surface area (Å²) < 4.78 is 11.1. The quantitative estimate of drug-likeness (QED) is 0.509. The van der Waals surface area contributed by atoms with Crippen LogP contribution in [0.25, 0.3) is 22.3 Å². The zero-order chi connectivity index (χ0) is 22.2. The van der Waals surface area contributed by atoms with Gasteiger partial charge in [-0.3, -0.25) is 14.4 Å². The summed E-state index contributed by atoms with van der Waals surface area (Å²) in [6.07, 6.45) is 0.273. The average Bonchev–Trinajstić information content (AvgIpc) is 3.18. The van der Waals surface area contributed by atoms with Gasteiger partial charge in [-0.15, -0.1) is 0 Å². The van der Waals surface area contributed by atoms with E-state index in [-0.39, 0.29) is 23.7 Å². The zero-order valence-electron chi connectivity index (χ0n) is 17.1. The number of hydrogen-bond donors (Lipinski definition) is 2. The average molecular weight is 426 g/mol. The van der Waals surface area contributed by atoms with Crippen molar-refractivity contribution in [3.63, 3.8) is 0 Å². The van der Waals surface area contributed by atoms with Crippen molar-refractivity contribution in [1.82, 2.24) is 0 Å². The molecule has 0 bridgehead atoms. The Morgan fingerprint density at radius 1 is 1.00 bits per heavy atom. The normalized spacial score (nSPS) is 12.3. The van der Waals surface area contributed by atoms with Crippen LogP contribution in [0.4, 0.5) is 11.4 Å². The molecule has 0 atom stereocenters. The molecule has 2 N–H and O–H groups in total. The van der Waals surface area contributed by atoms with Gasteiger partial charge in [0.1, 0.15) is 17.1 Å². The fourth-order valence-corrected chi connectivity index (χ4v) is 3.70. The first-order valence-electron chi connectivity index (χ1n) is 9.96. The Hall–Kier alpha value is -4.39. The van der Waals surface area contributed by atoms with Crippen LogP contribution in [0.15, 0.2) is 75.9 Å². The maximum absolute atomic E-state index is 12.6. The first-order chi connectivity index (χ1) is 15.5. The molecule has 7 heteroatoms. The van der Waals surface area contributed by atoms with Gasteiger partial charge in [-0.1, -0.05) is 0 Å². The molecular weight excluding hydrogens is 408 g/mol. The maximum Gasteiger partial charge on any atom is 0.255 e. The fraction of sp³-hybridized carbons (Fsp3) is 0.0800. The molecule has 1 aromatic heterocycles. The Balaban J connectivity index is 1.36. The van der Waals surface area contributed by atoms with Gasteiger partial charge >= 0.3 is 0 Å². The third kappa shape index (κ3) is 3.60. The molecule has 2 amide bonds. The fourth-order valence-electron chi connectivity index (χ4n) is 3.70. The number of methoxy groups -OCH3 is 1. The Kier molecular flexibility index (Phi) is 4.71. The van der Waals surface area contributed by atoms with Gasteiger partial charge in [0.25, 0.3) is 5.91 Å². The monoisotopic (exact) mass is 426 g/mol. The number of rotatable bonds is 4. The first-order valence-corrected chi connectivity index (χ1v) is 9.96. The van der Waals surface area contributed by atoms with Crippen LogP contribution in [0.1, 0.15) is 15.9 Å². The molecule has 4 aromatic rings. The van der Waals surface area contributed by atoms with Gasteiger partial charge in [0.15, 0.2) is 5.43 Å². The van der Waals surface area contributed by atoms with Crippen molar-refractivity contribution in [3.05, 3.63) is 88.1 Å². The maximum atomic E-state index is 12.6. The van der Waals surface area contributed by atoms with Crippen molar-refractivity contribution >= 4 is 34.2 Å². The lowest BCUT2D eigenvalue weighted by atomic mass is 10.1. The number of ether oxygens (including phenoxy) is 1. The van der Waals surface area contributed by atoms with Crippen molar-refractivity contribution in [2.24, 2.45) is 0 Å². The Labute approximate surface area is 182 Å². The van der Waals surface area contributed by atoms with E-state index in [9.17, 15) is 14.4 Å². The van der Waals surface area contributed by atoms with E-state index in [2.05, 4.69) is 10.6 Å². The van der Waals surface area contributed by atoms with Gasteiger partial charge in [0.05, 0.1) is 18.9 Å². The second-order valence-corrected chi connectivity index (χ2v) is 7.47. The van der Waals surface area contributed by atoms with Crippen LogP contribution >= 0.6 is 0 Å². The minimum Gasteiger partial charge on any atom is -0.497 e. The highest BCUT2D eigenvalue weighted by molar-refractivity contribution is 6.06. The number of hydrogen-bond acceptors (Lipinski definition) is 5. The van der Waals surface area contributed by atoms with Gasteiger partial charge in [0.2, 0.25) is 5.91 Å². The predicted molar refractivity (Wildman–Crippen MR) is 121 cm³/mol. The minimum atomic E-state index is -0.272. The highest BCUT2D eigenvalue weighted by Gasteiger charge is 2.19. The van der Waals surface area contributed by atoms with E-state index in [1.165, 1.54) is 6.07 Å². The van der Waals surface area contributed by atoms with Crippen LogP contribution in [0.5, 0.6) is 5.75 Å². The van der Waals surface area contributed by atoms with Crippen molar-refractivity contribution in [2.45, 2.75) is 6.42 Å². The lowest BCUT2D eigenvalue weighted by Gasteiger charge is -2.08. The highest BCUT2D eigenvalue weighted by Crippen LogP contribution is 2.27. The van der Waals surface area contributed by atoms with Crippen LogP contribution < -0.4 is 20.8 Å². The summed E-state index contributed by atoms with van der Waals surface area (Å²) in [6, 6.07) is 18.7. The number of anilines is 2. The van der Waals surface area contributed by atoms with Gasteiger partial charge in [0, 0.05) is 28.6 Å². The third-order valence-corrected chi connectivity index (χ3v) is 5.35. The molecule has 7 nitrogen and oxygen atoms in total. The second kappa shape index (κ2) is 7.70. The first kappa shape index (κ1) is 19.6. The molecule has 0 fully saturated rings. The molecule has 0 unspecified atom stereocenters. The molecular formula is C25H18N2O5. The van der Waals surface area contributed by atoms with Crippen LogP contribution in [0.2, 0.25) is 0 Å². The lowest BCUT2D eigenvalue weighted by molar-refractivity contribution is -0.115. The minimum absolute atomic E-state index is 0.0763. The molecule has 1 aliphatic rings. The van der Waals surface area contributed by atoms with Crippen LogP contribution in [-0.4, -0.2) is 18.9 Å². The Morgan fingerprint density at radius 3 is 2.59 bits per heavy atom. The molecule has 1 aliphatic heterocycles. The van der Waals surface area contributed by atoms with Crippen molar-refractivity contribution in [3.8, 4) is 17.1 Å². The number of benzene rings is 3. The molecule has 2 heterocycles. The Bertz CT molecular complexity index is 1440. The van der Waals surface area contributed by atoms with Gasteiger partial charge in [-0.05, 0) is 66.2 Å². The topological polar surface area (TPSA) is 97.6 Å². The van der Waals surface area contributed by atoms with Crippen molar-refractivity contribution < 1.29 is 18.7 Å². The molecule has 0 saturated heterocycles. The molecule has 0 saturated carbocycles. The summed E-state index contributed by atoms with van der Waals surface area (Å²) in [5.41, 5.74) is 3.63. The number of fused-ring (bicyclic) bond motifs is 2. The third-order valence-electron chi connectivity index (χ3n) is 5.35. The van der Waals surface area contributed by atoms with E-state index in [0.717, 1.165) is 11.3 Å². The SMILES string of the molecule is COc1ccc2oc(-c3ccc(NC(=O)c4ccc5c(c4)CC(=O)N5)cc3)cc(=O)c2c1. The zero-order valence-corrected chi connectivity index (χ0v) is 17.1.